The molecule has 0 saturated heterocycles. The average Bonchev–Trinajstić information content (AvgIpc) is 2.81. The number of halogens is 2. The molecule has 2 atom stereocenters. The fourth-order valence-corrected chi connectivity index (χ4v) is 4.72. The van der Waals surface area contributed by atoms with Gasteiger partial charge in [0.25, 0.3) is 0 Å². The highest BCUT2D eigenvalue weighted by molar-refractivity contribution is 7.92. The summed E-state index contributed by atoms with van der Waals surface area (Å²) in [5.74, 6) is -0.743. The van der Waals surface area contributed by atoms with Crippen molar-refractivity contribution in [1.29, 1.82) is 0 Å². The van der Waals surface area contributed by atoms with Crippen LogP contribution in [0.1, 0.15) is 39.2 Å². The zero-order chi connectivity index (χ0) is 26.2. The number of carbonyl (C=O) groups is 2. The molecule has 10 heteroatoms. The molecular formula is C25H33Cl2N3O4S. The molecule has 0 heterocycles. The Morgan fingerprint density at radius 2 is 1.66 bits per heavy atom. The fraction of sp³-hybridized carbons (Fsp3) is 0.440. The van der Waals surface area contributed by atoms with Crippen LogP contribution in [0.25, 0.3) is 0 Å². The second-order valence-electron chi connectivity index (χ2n) is 8.43. The van der Waals surface area contributed by atoms with Crippen molar-refractivity contribution in [3.63, 3.8) is 0 Å². The molecule has 0 aliphatic carbocycles. The smallest absolute Gasteiger partial charge is 0.244 e. The summed E-state index contributed by atoms with van der Waals surface area (Å²) in [4.78, 5) is 28.1. The third kappa shape index (κ3) is 8.40. The van der Waals surface area contributed by atoms with Crippen molar-refractivity contribution in [3.05, 3.63) is 64.1 Å². The lowest BCUT2D eigenvalue weighted by Gasteiger charge is -2.33. The van der Waals surface area contributed by atoms with Crippen LogP contribution in [0.4, 0.5) is 5.69 Å². The van der Waals surface area contributed by atoms with Gasteiger partial charge in [-0.25, -0.2) is 8.42 Å². The van der Waals surface area contributed by atoms with Crippen LogP contribution in [0.2, 0.25) is 10.0 Å². The minimum absolute atomic E-state index is 0.0497. The van der Waals surface area contributed by atoms with Gasteiger partial charge in [-0.3, -0.25) is 13.9 Å². The Kier molecular flexibility index (Phi) is 10.9. The van der Waals surface area contributed by atoms with Crippen molar-refractivity contribution < 1.29 is 18.0 Å². The maximum absolute atomic E-state index is 13.6. The number of amides is 2. The highest BCUT2D eigenvalue weighted by atomic mass is 35.5. The summed E-state index contributed by atoms with van der Waals surface area (Å²) in [6, 6.07) is 13.2. The SMILES string of the molecule is CC[C@H](C)NC(=O)[C@H](CC)N(CCc1ccccc1)C(=O)CN(c1ccc(Cl)c(Cl)c1)S(C)(=O)=O. The predicted molar refractivity (Wildman–Crippen MR) is 142 cm³/mol. The Bertz CT molecular complexity index is 1110. The van der Waals surface area contributed by atoms with Crippen molar-refractivity contribution in [1.82, 2.24) is 10.2 Å². The zero-order valence-electron chi connectivity index (χ0n) is 20.5. The number of hydrogen-bond acceptors (Lipinski definition) is 4. The average molecular weight is 543 g/mol. The number of rotatable bonds is 12. The second kappa shape index (κ2) is 13.1. The van der Waals surface area contributed by atoms with E-state index < -0.39 is 28.5 Å². The van der Waals surface area contributed by atoms with Crippen LogP contribution in [0.15, 0.2) is 48.5 Å². The largest absolute Gasteiger partial charge is 0.352 e. The molecule has 7 nitrogen and oxygen atoms in total. The van der Waals surface area contributed by atoms with Crippen LogP contribution in [0, 0.1) is 0 Å². The minimum Gasteiger partial charge on any atom is -0.352 e. The topological polar surface area (TPSA) is 86.8 Å². The van der Waals surface area contributed by atoms with Gasteiger partial charge < -0.3 is 10.2 Å². The number of nitrogens with zero attached hydrogens (tertiary/aromatic N) is 2. The molecule has 0 aromatic heterocycles. The van der Waals surface area contributed by atoms with Crippen molar-refractivity contribution in [3.8, 4) is 0 Å². The van der Waals surface area contributed by atoms with E-state index in [9.17, 15) is 18.0 Å². The molecule has 1 N–H and O–H groups in total. The number of sulfonamides is 1. The van der Waals surface area contributed by atoms with Crippen molar-refractivity contribution >= 4 is 50.7 Å². The molecule has 192 valence electrons. The van der Waals surface area contributed by atoms with Gasteiger partial charge in [0.2, 0.25) is 21.8 Å². The van der Waals surface area contributed by atoms with Crippen LogP contribution >= 0.6 is 23.2 Å². The van der Waals surface area contributed by atoms with Gasteiger partial charge in [-0.1, -0.05) is 67.4 Å². The van der Waals surface area contributed by atoms with E-state index in [1.807, 2.05) is 51.1 Å². The Morgan fingerprint density at radius 1 is 1.00 bits per heavy atom. The first kappa shape index (κ1) is 28.9. The van der Waals surface area contributed by atoms with Crippen LogP contribution in [-0.2, 0) is 26.0 Å². The van der Waals surface area contributed by atoms with E-state index in [2.05, 4.69) is 5.32 Å². The second-order valence-corrected chi connectivity index (χ2v) is 11.2. The zero-order valence-corrected chi connectivity index (χ0v) is 22.8. The molecule has 2 rings (SSSR count). The molecule has 0 bridgehead atoms. The normalized spacial score (nSPS) is 13.1. The van der Waals surface area contributed by atoms with Gasteiger partial charge in [0.15, 0.2) is 0 Å². The molecule has 0 aliphatic heterocycles. The van der Waals surface area contributed by atoms with Crippen molar-refractivity contribution in [2.45, 2.75) is 52.1 Å². The van der Waals surface area contributed by atoms with Crippen LogP contribution < -0.4 is 9.62 Å². The highest BCUT2D eigenvalue weighted by Crippen LogP contribution is 2.28. The molecule has 0 aliphatic rings. The van der Waals surface area contributed by atoms with E-state index in [0.29, 0.717) is 12.8 Å². The van der Waals surface area contributed by atoms with E-state index in [-0.39, 0.29) is 34.2 Å². The summed E-state index contributed by atoms with van der Waals surface area (Å²) in [5, 5.41) is 3.39. The molecule has 0 spiro atoms. The lowest BCUT2D eigenvalue weighted by atomic mass is 10.1. The van der Waals surface area contributed by atoms with Crippen LogP contribution in [0.5, 0.6) is 0 Å². The highest BCUT2D eigenvalue weighted by Gasteiger charge is 2.32. The Morgan fingerprint density at radius 3 is 2.20 bits per heavy atom. The summed E-state index contributed by atoms with van der Waals surface area (Å²) < 4.78 is 26.2. The molecule has 0 fully saturated rings. The van der Waals surface area contributed by atoms with Gasteiger partial charge in [0.05, 0.1) is 22.0 Å². The van der Waals surface area contributed by atoms with Gasteiger partial charge in [-0.2, -0.15) is 0 Å². The molecule has 2 aromatic carbocycles. The Hall–Kier alpha value is -2.29. The summed E-state index contributed by atoms with van der Waals surface area (Å²) in [5.41, 5.74) is 1.22. The van der Waals surface area contributed by atoms with Crippen molar-refractivity contribution in [2.75, 3.05) is 23.7 Å². The minimum atomic E-state index is -3.84. The number of nitrogens with one attached hydrogen (secondary N) is 1. The standard InChI is InChI=1S/C25H33Cl2N3O4S/c1-5-18(3)28-25(32)23(6-2)29(15-14-19-10-8-7-9-11-19)24(31)17-30(35(4,33)34)20-12-13-21(26)22(27)16-20/h7-13,16,18,23H,5-6,14-15,17H2,1-4H3,(H,28,32)/t18-,23-/m0/s1. The molecule has 35 heavy (non-hydrogen) atoms. The fourth-order valence-electron chi connectivity index (χ4n) is 3.59. The number of hydrogen-bond donors (Lipinski definition) is 1. The van der Waals surface area contributed by atoms with E-state index in [1.54, 1.807) is 0 Å². The van der Waals surface area contributed by atoms with Gasteiger partial charge in [0.1, 0.15) is 12.6 Å². The van der Waals surface area contributed by atoms with E-state index in [1.165, 1.54) is 23.1 Å². The maximum Gasteiger partial charge on any atom is 0.244 e. The monoisotopic (exact) mass is 541 g/mol. The predicted octanol–water partition coefficient (Wildman–Crippen LogP) is 4.52. The Balaban J connectivity index is 2.38. The van der Waals surface area contributed by atoms with Crippen molar-refractivity contribution in [2.24, 2.45) is 0 Å². The van der Waals surface area contributed by atoms with E-state index in [0.717, 1.165) is 22.5 Å². The molecule has 0 unspecified atom stereocenters. The third-order valence-corrected chi connectivity index (χ3v) is 7.62. The van der Waals surface area contributed by atoms with Gasteiger partial charge in [0, 0.05) is 12.6 Å². The van der Waals surface area contributed by atoms with Crippen LogP contribution in [0.3, 0.4) is 0 Å². The van der Waals surface area contributed by atoms with Gasteiger partial charge in [-0.15, -0.1) is 0 Å². The van der Waals surface area contributed by atoms with Gasteiger partial charge >= 0.3 is 0 Å². The first-order valence-corrected chi connectivity index (χ1v) is 14.1. The number of anilines is 1. The van der Waals surface area contributed by atoms with Crippen LogP contribution in [-0.4, -0.2) is 56.6 Å². The first-order valence-electron chi connectivity index (χ1n) is 11.5. The number of benzene rings is 2. The van der Waals surface area contributed by atoms with E-state index in [4.69, 9.17) is 23.2 Å². The van der Waals surface area contributed by atoms with E-state index >= 15 is 0 Å². The number of carbonyl (C=O) groups excluding carboxylic acids is 2. The summed E-state index contributed by atoms with van der Waals surface area (Å²) in [6.45, 7) is 5.48. The lowest BCUT2D eigenvalue weighted by molar-refractivity contribution is -0.139. The molecule has 0 radical (unpaired) electrons. The molecule has 2 aromatic rings. The summed E-state index contributed by atoms with van der Waals surface area (Å²) in [6.07, 6.45) is 2.67. The molecule has 0 saturated carbocycles. The summed E-state index contributed by atoms with van der Waals surface area (Å²) in [7, 11) is -3.84. The lowest BCUT2D eigenvalue weighted by Crippen LogP contribution is -2.54. The first-order chi connectivity index (χ1) is 16.5. The quantitative estimate of drug-likeness (QED) is 0.427. The molecular weight excluding hydrogens is 509 g/mol. The maximum atomic E-state index is 13.6. The summed E-state index contributed by atoms with van der Waals surface area (Å²) >= 11 is 12.1. The third-order valence-electron chi connectivity index (χ3n) is 5.74. The van der Waals surface area contributed by atoms with Gasteiger partial charge in [-0.05, 0) is 49.9 Å². The Labute approximate surface area is 218 Å². The molecule has 2 amide bonds.